The SMILES string of the molecule is CCCCCCCCCCCCOCCOCCOCCOCCOCCOCCOCCOCCOCCOCCOC(=O)CCCCCNCCCCCCCCCCC[Si](OC)(OC)OC. The number of hydrogen-bond acceptors (Lipinski definition) is 16. The van der Waals surface area contributed by atoms with E-state index in [1.165, 1.54) is 109 Å². The van der Waals surface area contributed by atoms with Crippen LogP contribution in [0.1, 0.15) is 155 Å². The molecule has 1 N–H and O–H groups in total. The molecule has 0 rings (SSSR count). The first-order valence-corrected chi connectivity index (χ1v) is 29.4. The van der Waals surface area contributed by atoms with Crippen molar-refractivity contribution in [1.82, 2.24) is 5.32 Å². The third-order valence-electron chi connectivity index (χ3n) is 11.5. The number of ether oxygens (including phenoxy) is 11. The smallest absolute Gasteiger partial charge is 0.463 e. The van der Waals surface area contributed by atoms with Gasteiger partial charge in [0.15, 0.2) is 0 Å². The van der Waals surface area contributed by atoms with Crippen molar-refractivity contribution in [3.8, 4) is 0 Å². The molecule has 0 saturated carbocycles. The van der Waals surface area contributed by atoms with E-state index in [4.69, 9.17) is 65.4 Å². The Morgan fingerprint density at radius 2 is 0.594 bits per heavy atom. The maximum atomic E-state index is 12.0. The molecule has 0 unspecified atom stereocenters. The summed E-state index contributed by atoms with van der Waals surface area (Å²) in [7, 11) is 2.65. The lowest BCUT2D eigenvalue weighted by Gasteiger charge is -2.24. The topological polar surface area (TPSA) is 158 Å². The summed E-state index contributed by atoms with van der Waals surface area (Å²) < 4.78 is 77.2. The Labute approximate surface area is 422 Å². The number of carbonyl (C=O) groups is 1. The van der Waals surface area contributed by atoms with Crippen LogP contribution in [0.2, 0.25) is 6.04 Å². The van der Waals surface area contributed by atoms with Crippen LogP contribution >= 0.6 is 0 Å². The summed E-state index contributed by atoms with van der Waals surface area (Å²) in [5.41, 5.74) is 0. The van der Waals surface area contributed by atoms with E-state index < -0.39 is 8.80 Å². The molecule has 414 valence electrons. The zero-order valence-electron chi connectivity index (χ0n) is 44.9. The largest absolute Gasteiger partial charge is 0.500 e. The molecule has 0 aliphatic carbocycles. The average Bonchev–Trinajstić information content (AvgIpc) is 3.36. The van der Waals surface area contributed by atoms with Gasteiger partial charge in [0.1, 0.15) is 6.61 Å². The Hall–Kier alpha value is -0.873. The van der Waals surface area contributed by atoms with E-state index in [1.807, 2.05) is 0 Å². The van der Waals surface area contributed by atoms with Crippen LogP contribution in [-0.4, -0.2) is 188 Å². The minimum Gasteiger partial charge on any atom is -0.463 e. The Morgan fingerprint density at radius 3 is 0.942 bits per heavy atom. The van der Waals surface area contributed by atoms with E-state index in [9.17, 15) is 4.79 Å². The highest BCUT2D eigenvalue weighted by molar-refractivity contribution is 6.60. The lowest BCUT2D eigenvalue weighted by molar-refractivity contribution is -0.145. The highest BCUT2D eigenvalue weighted by atomic mass is 28.4. The molecule has 0 aromatic heterocycles. The standard InChI is InChI=1S/C52H107NO15Si/c1-5-6-7-8-9-10-13-16-19-25-30-58-31-32-59-33-34-60-35-36-61-37-38-62-39-40-63-41-42-64-43-44-65-45-46-66-47-48-67-49-50-68-52(54)27-22-21-24-29-53-28-23-18-15-12-11-14-17-20-26-51-69(55-2,56-3)57-4/h53H,5-51H2,1-4H3. The predicted octanol–water partition coefficient (Wildman–Crippen LogP) is 9.16. The van der Waals surface area contributed by atoms with Crippen LogP contribution in [0, 0.1) is 0 Å². The van der Waals surface area contributed by atoms with Gasteiger partial charge in [-0.15, -0.1) is 0 Å². The second-order valence-corrected chi connectivity index (χ2v) is 20.4. The number of carbonyl (C=O) groups excluding carboxylic acids is 1. The zero-order chi connectivity index (χ0) is 49.9. The highest BCUT2D eigenvalue weighted by Crippen LogP contribution is 2.18. The fourth-order valence-corrected chi connectivity index (χ4v) is 9.06. The van der Waals surface area contributed by atoms with Crippen molar-refractivity contribution in [2.75, 3.05) is 173 Å². The summed E-state index contributed by atoms with van der Waals surface area (Å²) in [6, 6.07) is 0.893. The molecule has 0 aromatic rings. The van der Waals surface area contributed by atoms with Crippen LogP contribution in [0.4, 0.5) is 0 Å². The molecule has 0 aromatic carbocycles. The van der Waals surface area contributed by atoms with Gasteiger partial charge in [-0.05, 0) is 45.2 Å². The van der Waals surface area contributed by atoms with E-state index in [2.05, 4.69) is 12.2 Å². The number of hydrogen-bond donors (Lipinski definition) is 1. The molecule has 17 heteroatoms. The van der Waals surface area contributed by atoms with Crippen molar-refractivity contribution in [3.63, 3.8) is 0 Å². The minimum absolute atomic E-state index is 0.159. The minimum atomic E-state index is -2.40. The van der Waals surface area contributed by atoms with Crippen LogP contribution in [0.15, 0.2) is 0 Å². The molecule has 0 spiro atoms. The Morgan fingerprint density at radius 1 is 0.319 bits per heavy atom. The maximum Gasteiger partial charge on any atom is 0.500 e. The molecule has 16 nitrogen and oxygen atoms in total. The van der Waals surface area contributed by atoms with E-state index in [1.54, 1.807) is 21.3 Å². The third-order valence-corrected chi connectivity index (χ3v) is 14.3. The average molecular weight is 1010 g/mol. The predicted molar refractivity (Wildman–Crippen MR) is 275 cm³/mol. The molecule has 0 bridgehead atoms. The summed E-state index contributed by atoms with van der Waals surface area (Å²) >= 11 is 0. The normalized spacial score (nSPS) is 11.9. The number of unbranched alkanes of at least 4 members (excludes halogenated alkanes) is 19. The van der Waals surface area contributed by atoms with E-state index >= 15 is 0 Å². The zero-order valence-corrected chi connectivity index (χ0v) is 45.9. The quantitative estimate of drug-likeness (QED) is 0.0349. The van der Waals surface area contributed by atoms with Crippen molar-refractivity contribution in [3.05, 3.63) is 0 Å². The first-order chi connectivity index (χ1) is 34.1. The Balaban J connectivity index is 3.17. The molecule has 0 radical (unpaired) electrons. The van der Waals surface area contributed by atoms with Crippen molar-refractivity contribution in [2.24, 2.45) is 0 Å². The molecule has 0 saturated heterocycles. The van der Waals surface area contributed by atoms with Gasteiger partial charge in [0.05, 0.1) is 126 Å². The maximum absolute atomic E-state index is 12.0. The number of rotatable bonds is 62. The molecule has 0 amide bonds. The third kappa shape index (κ3) is 54.7. The molecule has 0 aliphatic heterocycles. The fourth-order valence-electron chi connectivity index (χ4n) is 7.27. The van der Waals surface area contributed by atoms with Crippen LogP contribution in [0.25, 0.3) is 0 Å². The summed E-state index contributed by atoms with van der Waals surface area (Å²) in [5, 5.41) is 3.53. The molecule has 0 aliphatic rings. The van der Waals surface area contributed by atoms with E-state index in [0.29, 0.717) is 132 Å². The fraction of sp³-hybridized carbons (Fsp3) is 0.981. The van der Waals surface area contributed by atoms with Gasteiger partial charge in [-0.25, -0.2) is 0 Å². The van der Waals surface area contributed by atoms with Crippen molar-refractivity contribution < 1.29 is 70.2 Å². The molecule has 69 heavy (non-hydrogen) atoms. The van der Waals surface area contributed by atoms with Crippen LogP contribution < -0.4 is 5.32 Å². The van der Waals surface area contributed by atoms with Gasteiger partial charge >= 0.3 is 14.8 Å². The first-order valence-electron chi connectivity index (χ1n) is 27.4. The van der Waals surface area contributed by atoms with Crippen molar-refractivity contribution in [1.29, 1.82) is 0 Å². The van der Waals surface area contributed by atoms with E-state index in [-0.39, 0.29) is 12.6 Å². The van der Waals surface area contributed by atoms with Gasteiger partial charge in [-0.2, -0.15) is 0 Å². The molecule has 0 atom stereocenters. The van der Waals surface area contributed by atoms with Crippen LogP contribution in [-0.2, 0) is 70.2 Å². The van der Waals surface area contributed by atoms with Crippen LogP contribution in [0.5, 0.6) is 0 Å². The van der Waals surface area contributed by atoms with Crippen LogP contribution in [0.3, 0.4) is 0 Å². The second-order valence-electron chi connectivity index (χ2n) is 17.3. The van der Waals surface area contributed by atoms with E-state index in [0.717, 1.165) is 57.8 Å². The summed E-state index contributed by atoms with van der Waals surface area (Å²) in [4.78, 5) is 12.0. The lowest BCUT2D eigenvalue weighted by atomic mass is 10.1. The van der Waals surface area contributed by atoms with Crippen molar-refractivity contribution >= 4 is 14.8 Å². The van der Waals surface area contributed by atoms with Gasteiger partial charge in [-0.1, -0.05) is 116 Å². The monoisotopic (exact) mass is 1010 g/mol. The molecule has 0 heterocycles. The van der Waals surface area contributed by atoms with Gasteiger partial charge in [0, 0.05) is 40.4 Å². The van der Waals surface area contributed by atoms with Gasteiger partial charge < -0.3 is 70.7 Å². The molecule has 0 fully saturated rings. The van der Waals surface area contributed by atoms with Gasteiger partial charge in [0.25, 0.3) is 0 Å². The lowest BCUT2D eigenvalue weighted by Crippen LogP contribution is -2.42. The van der Waals surface area contributed by atoms with Gasteiger partial charge in [-0.3, -0.25) is 4.79 Å². The van der Waals surface area contributed by atoms with Crippen molar-refractivity contribution in [2.45, 2.75) is 161 Å². The Bertz CT molecular complexity index is 967. The highest BCUT2D eigenvalue weighted by Gasteiger charge is 2.36. The summed E-state index contributed by atoms with van der Waals surface area (Å²) in [5.74, 6) is -0.159. The molecular formula is C52H107NO15Si. The first kappa shape index (κ1) is 68.1. The Kier molecular flexibility index (Phi) is 58.9. The van der Waals surface area contributed by atoms with Gasteiger partial charge in [0.2, 0.25) is 0 Å². The molecular weight excluding hydrogens is 907 g/mol. The summed E-state index contributed by atoms with van der Waals surface area (Å²) in [6.45, 7) is 15.1. The second kappa shape index (κ2) is 59.7. The number of esters is 1. The summed E-state index contributed by atoms with van der Waals surface area (Å²) in [6.07, 6.45) is 28.1. The number of nitrogens with one attached hydrogen (secondary N) is 1.